The van der Waals surface area contributed by atoms with Crippen LogP contribution in [-0.2, 0) is 0 Å². The Hall–Kier alpha value is -1.59. The van der Waals surface area contributed by atoms with Crippen molar-refractivity contribution < 1.29 is 9.32 Å². The van der Waals surface area contributed by atoms with E-state index in [1.165, 1.54) is 19.3 Å². The van der Waals surface area contributed by atoms with E-state index in [-0.39, 0.29) is 11.9 Å². The van der Waals surface area contributed by atoms with Crippen molar-refractivity contribution in [3.63, 3.8) is 0 Å². The molecule has 2 heterocycles. The molecule has 1 aliphatic heterocycles. The first kappa shape index (κ1) is 17.2. The summed E-state index contributed by atoms with van der Waals surface area (Å²) in [5.41, 5.74) is 0. The summed E-state index contributed by atoms with van der Waals surface area (Å²) in [7, 11) is 0. The van der Waals surface area contributed by atoms with E-state index in [1.807, 2.05) is 4.90 Å². The summed E-state index contributed by atoms with van der Waals surface area (Å²) in [6, 6.07) is 0.431. The lowest BCUT2D eigenvalue weighted by Crippen LogP contribution is -2.48. The van der Waals surface area contributed by atoms with Crippen LogP contribution in [0.15, 0.2) is 4.52 Å². The van der Waals surface area contributed by atoms with E-state index < -0.39 is 0 Å². The van der Waals surface area contributed by atoms with Gasteiger partial charge in [-0.05, 0) is 32.1 Å². The molecule has 0 radical (unpaired) electrons. The third-order valence-corrected chi connectivity index (χ3v) is 5.50. The van der Waals surface area contributed by atoms with Crippen LogP contribution in [0.1, 0.15) is 88.8 Å². The number of amides is 2. The van der Waals surface area contributed by atoms with Crippen LogP contribution in [0, 0.1) is 0 Å². The molecule has 1 saturated carbocycles. The Morgan fingerprint density at radius 3 is 2.83 bits per heavy atom. The second-order valence-corrected chi connectivity index (χ2v) is 7.37. The molecule has 1 aromatic heterocycles. The first-order valence-electron chi connectivity index (χ1n) is 9.56. The summed E-state index contributed by atoms with van der Waals surface area (Å²) in [5, 5.41) is 7.33. The van der Waals surface area contributed by atoms with E-state index in [9.17, 15) is 4.79 Å². The number of piperidine rings is 1. The SMILES string of the molecule is CC[C@@H](C)c1noc([C@H]2CCCN(C(=O)NC3CCCCC3)C2)n1. The lowest BCUT2D eigenvalue weighted by molar-refractivity contribution is 0.166. The van der Waals surface area contributed by atoms with E-state index in [0.29, 0.717) is 24.4 Å². The minimum absolute atomic E-state index is 0.0771. The monoisotopic (exact) mass is 334 g/mol. The zero-order chi connectivity index (χ0) is 16.9. The summed E-state index contributed by atoms with van der Waals surface area (Å²) in [4.78, 5) is 19.1. The van der Waals surface area contributed by atoms with E-state index in [4.69, 9.17) is 4.52 Å². The van der Waals surface area contributed by atoms with Crippen LogP contribution in [0.3, 0.4) is 0 Å². The van der Waals surface area contributed by atoms with Gasteiger partial charge in [0, 0.05) is 25.0 Å². The Balaban J connectivity index is 1.57. The highest BCUT2D eigenvalue weighted by Crippen LogP contribution is 2.27. The van der Waals surface area contributed by atoms with Crippen LogP contribution in [0.2, 0.25) is 0 Å². The first-order chi connectivity index (χ1) is 11.7. The van der Waals surface area contributed by atoms with Crippen molar-refractivity contribution in [2.45, 2.75) is 83.1 Å². The maximum atomic E-state index is 12.6. The van der Waals surface area contributed by atoms with Gasteiger partial charge in [-0.25, -0.2) is 4.79 Å². The van der Waals surface area contributed by atoms with Gasteiger partial charge in [0.1, 0.15) is 0 Å². The second-order valence-electron chi connectivity index (χ2n) is 7.37. The molecule has 3 rings (SSSR count). The normalized spacial score (nSPS) is 23.9. The molecule has 134 valence electrons. The van der Waals surface area contributed by atoms with E-state index in [0.717, 1.165) is 44.5 Å². The van der Waals surface area contributed by atoms with Crippen molar-refractivity contribution >= 4 is 6.03 Å². The smallest absolute Gasteiger partial charge is 0.317 e. The molecule has 2 atom stereocenters. The molecule has 0 bridgehead atoms. The summed E-state index contributed by atoms with van der Waals surface area (Å²) < 4.78 is 5.49. The summed E-state index contributed by atoms with van der Waals surface area (Å²) in [6.07, 6.45) is 8.99. The fraction of sp³-hybridized carbons (Fsp3) is 0.833. The number of likely N-dealkylation sites (tertiary alicyclic amines) is 1. The highest BCUT2D eigenvalue weighted by molar-refractivity contribution is 5.74. The number of hydrogen-bond donors (Lipinski definition) is 1. The first-order valence-corrected chi connectivity index (χ1v) is 9.56. The predicted octanol–water partition coefficient (Wildman–Crippen LogP) is 3.80. The van der Waals surface area contributed by atoms with Gasteiger partial charge in [0.2, 0.25) is 5.89 Å². The van der Waals surface area contributed by atoms with Crippen LogP contribution in [0.5, 0.6) is 0 Å². The number of aromatic nitrogens is 2. The minimum Gasteiger partial charge on any atom is -0.339 e. The number of urea groups is 1. The van der Waals surface area contributed by atoms with Crippen molar-refractivity contribution in [1.82, 2.24) is 20.4 Å². The Bertz CT molecular complexity index is 539. The fourth-order valence-electron chi connectivity index (χ4n) is 3.67. The van der Waals surface area contributed by atoms with Gasteiger partial charge >= 0.3 is 6.03 Å². The molecule has 2 amide bonds. The Kier molecular flexibility index (Phi) is 5.74. The maximum Gasteiger partial charge on any atom is 0.317 e. The molecule has 1 aromatic rings. The van der Waals surface area contributed by atoms with Gasteiger partial charge in [-0.15, -0.1) is 0 Å². The van der Waals surface area contributed by atoms with E-state index in [1.54, 1.807) is 0 Å². The van der Waals surface area contributed by atoms with Crippen molar-refractivity contribution in [3.8, 4) is 0 Å². The number of nitrogens with zero attached hydrogens (tertiary/aromatic N) is 3. The van der Waals surface area contributed by atoms with Crippen LogP contribution >= 0.6 is 0 Å². The zero-order valence-electron chi connectivity index (χ0n) is 15.0. The number of carbonyl (C=O) groups is 1. The molecular weight excluding hydrogens is 304 g/mol. The molecule has 1 saturated heterocycles. The number of nitrogens with one attached hydrogen (secondary N) is 1. The minimum atomic E-state index is 0.0771. The summed E-state index contributed by atoms with van der Waals surface area (Å²) in [6.45, 7) is 5.74. The van der Waals surface area contributed by atoms with E-state index in [2.05, 4.69) is 29.3 Å². The largest absolute Gasteiger partial charge is 0.339 e. The van der Waals surface area contributed by atoms with Gasteiger partial charge in [0.05, 0.1) is 5.92 Å². The molecule has 1 N–H and O–H groups in total. The van der Waals surface area contributed by atoms with E-state index >= 15 is 0 Å². The number of carbonyl (C=O) groups excluding carboxylic acids is 1. The Morgan fingerprint density at radius 1 is 1.29 bits per heavy atom. The molecule has 1 aliphatic carbocycles. The van der Waals surface area contributed by atoms with Crippen LogP contribution < -0.4 is 5.32 Å². The maximum absolute atomic E-state index is 12.6. The van der Waals surface area contributed by atoms with Crippen LogP contribution in [0.4, 0.5) is 4.79 Å². The highest BCUT2D eigenvalue weighted by atomic mass is 16.5. The van der Waals surface area contributed by atoms with Crippen molar-refractivity contribution in [2.75, 3.05) is 13.1 Å². The number of hydrogen-bond acceptors (Lipinski definition) is 4. The average Bonchev–Trinajstić information content (AvgIpc) is 3.12. The molecule has 0 spiro atoms. The van der Waals surface area contributed by atoms with Gasteiger partial charge in [0.15, 0.2) is 5.82 Å². The van der Waals surface area contributed by atoms with Crippen LogP contribution in [-0.4, -0.2) is 40.2 Å². The quantitative estimate of drug-likeness (QED) is 0.909. The lowest BCUT2D eigenvalue weighted by atomic mass is 9.95. The zero-order valence-corrected chi connectivity index (χ0v) is 15.0. The van der Waals surface area contributed by atoms with Crippen LogP contribution in [0.25, 0.3) is 0 Å². The van der Waals surface area contributed by atoms with Gasteiger partial charge < -0.3 is 14.7 Å². The van der Waals surface area contributed by atoms with Gasteiger partial charge in [-0.1, -0.05) is 38.3 Å². The Morgan fingerprint density at radius 2 is 2.08 bits per heavy atom. The third-order valence-electron chi connectivity index (χ3n) is 5.50. The van der Waals surface area contributed by atoms with Crippen molar-refractivity contribution in [3.05, 3.63) is 11.7 Å². The fourth-order valence-corrected chi connectivity index (χ4v) is 3.67. The Labute approximate surface area is 144 Å². The van der Waals surface area contributed by atoms with Gasteiger partial charge in [-0.3, -0.25) is 0 Å². The molecule has 0 unspecified atom stereocenters. The summed E-state index contributed by atoms with van der Waals surface area (Å²) in [5.74, 6) is 1.97. The van der Waals surface area contributed by atoms with Crippen molar-refractivity contribution in [2.24, 2.45) is 0 Å². The predicted molar refractivity (Wildman–Crippen MR) is 92.0 cm³/mol. The lowest BCUT2D eigenvalue weighted by Gasteiger charge is -2.33. The molecule has 6 nitrogen and oxygen atoms in total. The van der Waals surface area contributed by atoms with Gasteiger partial charge in [-0.2, -0.15) is 4.98 Å². The highest BCUT2D eigenvalue weighted by Gasteiger charge is 2.30. The molecule has 6 heteroatoms. The topological polar surface area (TPSA) is 71.3 Å². The molecule has 24 heavy (non-hydrogen) atoms. The second kappa shape index (κ2) is 7.99. The third kappa shape index (κ3) is 4.08. The van der Waals surface area contributed by atoms with Crippen molar-refractivity contribution in [1.29, 1.82) is 0 Å². The molecule has 2 fully saturated rings. The standard InChI is InChI=1S/C18H30N4O2/c1-3-13(2)16-20-17(24-21-16)14-8-7-11-22(12-14)18(23)19-15-9-5-4-6-10-15/h13-15H,3-12H2,1-2H3,(H,19,23)/t13-,14+/m1/s1. The molecular formula is C18H30N4O2. The molecule has 0 aromatic carbocycles. The summed E-state index contributed by atoms with van der Waals surface area (Å²) >= 11 is 0. The van der Waals surface area contributed by atoms with Gasteiger partial charge in [0.25, 0.3) is 0 Å². The average molecular weight is 334 g/mol. The number of rotatable bonds is 4. The molecule has 2 aliphatic rings.